The average molecular weight is 266 g/mol. The number of allylic oxidation sites excluding steroid dienone is 4. The first-order chi connectivity index (χ1) is 9.65. The van der Waals surface area contributed by atoms with Crippen LogP contribution < -0.4 is 0 Å². The molecule has 0 aromatic heterocycles. The Kier molecular flexibility index (Phi) is 4.26. The highest BCUT2D eigenvalue weighted by molar-refractivity contribution is 6.04. The molecule has 0 amide bonds. The molecule has 0 fully saturated rings. The van der Waals surface area contributed by atoms with Crippen LogP contribution in [-0.2, 0) is 0 Å². The summed E-state index contributed by atoms with van der Waals surface area (Å²) in [6, 6.07) is 14.3. The van der Waals surface area contributed by atoms with Crippen LogP contribution in [0.3, 0.4) is 0 Å². The molecule has 0 saturated heterocycles. The Hall–Kier alpha value is -2.48. The monoisotopic (exact) mass is 266 g/mol. The Morgan fingerprint density at radius 1 is 0.650 bits per heavy atom. The molecule has 102 valence electrons. The maximum Gasteiger partial charge on any atom is 0.115 e. The molecule has 0 saturated carbocycles. The van der Waals surface area contributed by atoms with Gasteiger partial charge in [-0.25, -0.2) is 0 Å². The van der Waals surface area contributed by atoms with E-state index in [4.69, 9.17) is 0 Å². The first kappa shape index (κ1) is 13.9. The lowest BCUT2D eigenvalue weighted by atomic mass is 9.92. The van der Waals surface area contributed by atoms with E-state index in [1.54, 1.807) is 24.3 Å². The second-order valence-corrected chi connectivity index (χ2v) is 4.50. The fourth-order valence-corrected chi connectivity index (χ4v) is 2.24. The van der Waals surface area contributed by atoms with E-state index in [0.29, 0.717) is 0 Å². The van der Waals surface area contributed by atoms with Crippen molar-refractivity contribution in [1.82, 2.24) is 0 Å². The minimum atomic E-state index is 0.260. The number of aromatic hydroxyl groups is 2. The van der Waals surface area contributed by atoms with Gasteiger partial charge in [-0.2, -0.15) is 0 Å². The van der Waals surface area contributed by atoms with Crippen molar-refractivity contribution in [2.45, 2.75) is 13.8 Å². The van der Waals surface area contributed by atoms with Gasteiger partial charge in [0.05, 0.1) is 0 Å². The first-order valence-corrected chi connectivity index (χ1v) is 6.57. The molecule has 2 rings (SSSR count). The van der Waals surface area contributed by atoms with Gasteiger partial charge in [-0.1, -0.05) is 36.4 Å². The van der Waals surface area contributed by atoms with Crippen LogP contribution in [0.4, 0.5) is 0 Å². The first-order valence-electron chi connectivity index (χ1n) is 6.57. The molecule has 0 heterocycles. The molecule has 0 spiro atoms. The van der Waals surface area contributed by atoms with Crippen molar-refractivity contribution < 1.29 is 10.2 Å². The molecule has 2 N–H and O–H groups in total. The van der Waals surface area contributed by atoms with E-state index in [2.05, 4.69) is 12.2 Å². The number of hydrogen-bond donors (Lipinski definition) is 2. The lowest BCUT2D eigenvalue weighted by molar-refractivity contribution is 0.474. The van der Waals surface area contributed by atoms with Crippen LogP contribution in [0.2, 0.25) is 0 Å². The summed E-state index contributed by atoms with van der Waals surface area (Å²) < 4.78 is 0. The molecule has 0 aliphatic rings. The second kappa shape index (κ2) is 6.11. The number of benzene rings is 2. The van der Waals surface area contributed by atoms with Gasteiger partial charge in [0.1, 0.15) is 11.5 Å². The summed E-state index contributed by atoms with van der Waals surface area (Å²) >= 11 is 0. The smallest absolute Gasteiger partial charge is 0.115 e. The van der Waals surface area contributed by atoms with Crippen molar-refractivity contribution in [2.75, 3.05) is 0 Å². The van der Waals surface area contributed by atoms with Crippen molar-refractivity contribution in [3.63, 3.8) is 0 Å². The Balaban J connectivity index is 2.44. The van der Waals surface area contributed by atoms with Gasteiger partial charge >= 0.3 is 0 Å². The third-order valence-electron chi connectivity index (χ3n) is 3.22. The topological polar surface area (TPSA) is 40.5 Å². The second-order valence-electron chi connectivity index (χ2n) is 4.50. The summed E-state index contributed by atoms with van der Waals surface area (Å²) in [5.74, 6) is 0.520. The van der Waals surface area contributed by atoms with E-state index >= 15 is 0 Å². The van der Waals surface area contributed by atoms with Crippen molar-refractivity contribution in [3.05, 3.63) is 71.8 Å². The number of rotatable bonds is 3. The highest BCUT2D eigenvalue weighted by Gasteiger charge is 2.09. The van der Waals surface area contributed by atoms with Crippen molar-refractivity contribution >= 4 is 11.1 Å². The quantitative estimate of drug-likeness (QED) is 0.797. The van der Waals surface area contributed by atoms with E-state index in [1.807, 2.05) is 38.1 Å². The summed E-state index contributed by atoms with van der Waals surface area (Å²) in [5.41, 5.74) is 4.29. The highest BCUT2D eigenvalue weighted by atomic mass is 16.3. The van der Waals surface area contributed by atoms with Crippen molar-refractivity contribution in [1.29, 1.82) is 0 Å². The summed E-state index contributed by atoms with van der Waals surface area (Å²) in [6.07, 6.45) is 4.10. The molecular weight excluding hydrogens is 248 g/mol. The van der Waals surface area contributed by atoms with Crippen LogP contribution >= 0.6 is 0 Å². The molecule has 2 aromatic carbocycles. The maximum atomic E-state index is 9.39. The van der Waals surface area contributed by atoms with E-state index in [9.17, 15) is 10.2 Å². The zero-order valence-electron chi connectivity index (χ0n) is 11.7. The lowest BCUT2D eigenvalue weighted by Crippen LogP contribution is -1.90. The van der Waals surface area contributed by atoms with Gasteiger partial charge in [0.25, 0.3) is 0 Å². The zero-order valence-corrected chi connectivity index (χ0v) is 11.7. The summed E-state index contributed by atoms with van der Waals surface area (Å²) in [7, 11) is 0. The number of phenols is 2. The number of phenolic OH excluding ortho intramolecular Hbond substituents is 2. The van der Waals surface area contributed by atoms with E-state index in [-0.39, 0.29) is 11.5 Å². The Labute approximate surface area is 119 Å². The molecule has 0 aliphatic carbocycles. The van der Waals surface area contributed by atoms with E-state index in [0.717, 1.165) is 22.3 Å². The van der Waals surface area contributed by atoms with Gasteiger partial charge in [0.15, 0.2) is 0 Å². The normalized spacial score (nSPS) is 12.5. The molecule has 2 heteroatoms. The van der Waals surface area contributed by atoms with Crippen LogP contribution in [0, 0.1) is 0 Å². The van der Waals surface area contributed by atoms with Crippen molar-refractivity contribution in [2.24, 2.45) is 0 Å². The molecule has 0 atom stereocenters. The van der Waals surface area contributed by atoms with Gasteiger partial charge in [-0.15, -0.1) is 0 Å². The van der Waals surface area contributed by atoms with Gasteiger partial charge in [0, 0.05) is 0 Å². The summed E-state index contributed by atoms with van der Waals surface area (Å²) in [6.45, 7) is 3.98. The Morgan fingerprint density at radius 2 is 0.950 bits per heavy atom. The predicted molar refractivity (Wildman–Crippen MR) is 83.5 cm³/mol. The molecule has 0 radical (unpaired) electrons. The third kappa shape index (κ3) is 2.91. The average Bonchev–Trinajstić information content (AvgIpc) is 2.47. The maximum absolute atomic E-state index is 9.39. The number of hydrogen-bond acceptors (Lipinski definition) is 2. The summed E-state index contributed by atoms with van der Waals surface area (Å²) in [4.78, 5) is 0. The van der Waals surface area contributed by atoms with Crippen LogP contribution in [0.15, 0.2) is 60.7 Å². The van der Waals surface area contributed by atoms with Crippen LogP contribution in [-0.4, -0.2) is 10.2 Å². The zero-order chi connectivity index (χ0) is 14.5. The molecule has 2 aromatic rings. The van der Waals surface area contributed by atoms with Crippen LogP contribution in [0.1, 0.15) is 25.0 Å². The largest absolute Gasteiger partial charge is 0.508 e. The van der Waals surface area contributed by atoms with Gasteiger partial charge in [-0.3, -0.25) is 0 Å². The Bertz CT molecular complexity index is 573. The predicted octanol–water partition coefficient (Wildman–Crippen LogP) is 4.60. The molecule has 2 nitrogen and oxygen atoms in total. The van der Waals surface area contributed by atoms with Gasteiger partial charge < -0.3 is 10.2 Å². The fourth-order valence-electron chi connectivity index (χ4n) is 2.24. The standard InChI is InChI=1S/C18H18O2/c1-3-17(13-5-9-15(19)10-6-13)18(4-2)14-7-11-16(20)12-8-14/h3-12,19-20H,1-2H3. The third-order valence-corrected chi connectivity index (χ3v) is 3.22. The Morgan fingerprint density at radius 3 is 1.20 bits per heavy atom. The van der Waals surface area contributed by atoms with Crippen molar-refractivity contribution in [3.8, 4) is 11.5 Å². The molecule has 20 heavy (non-hydrogen) atoms. The molecule has 0 bridgehead atoms. The van der Waals surface area contributed by atoms with E-state index in [1.165, 1.54) is 0 Å². The van der Waals surface area contributed by atoms with Crippen LogP contribution in [0.25, 0.3) is 11.1 Å². The van der Waals surface area contributed by atoms with Gasteiger partial charge in [-0.05, 0) is 60.4 Å². The lowest BCUT2D eigenvalue weighted by Gasteiger charge is -2.13. The summed E-state index contributed by atoms with van der Waals surface area (Å²) in [5, 5.41) is 18.8. The minimum absolute atomic E-state index is 0.260. The van der Waals surface area contributed by atoms with E-state index < -0.39 is 0 Å². The molecule has 0 aliphatic heterocycles. The van der Waals surface area contributed by atoms with Gasteiger partial charge in [0.2, 0.25) is 0 Å². The SMILES string of the molecule is CC=C(C(=CC)c1ccc(O)cc1)c1ccc(O)cc1. The highest BCUT2D eigenvalue weighted by Crippen LogP contribution is 2.32. The minimum Gasteiger partial charge on any atom is -0.508 e. The fraction of sp³-hybridized carbons (Fsp3) is 0.111. The molecular formula is C18H18O2. The molecule has 0 unspecified atom stereocenters. The van der Waals surface area contributed by atoms with Crippen LogP contribution in [0.5, 0.6) is 11.5 Å².